The predicted molar refractivity (Wildman–Crippen MR) is 115 cm³/mol. The van der Waals surface area contributed by atoms with Gasteiger partial charge in [-0.15, -0.1) is 0 Å². The maximum atomic E-state index is 6.22. The van der Waals surface area contributed by atoms with Gasteiger partial charge in [0.15, 0.2) is 5.58 Å². The average molecular weight is 362 g/mol. The topological polar surface area (TPSA) is 31.0 Å². The van der Waals surface area contributed by atoms with Crippen molar-refractivity contribution in [3.63, 3.8) is 0 Å². The maximum Gasteiger partial charge on any atom is 0.227 e. The van der Waals surface area contributed by atoms with Crippen LogP contribution in [0.15, 0.2) is 83.4 Å². The molecule has 0 fully saturated rings. The Morgan fingerprint density at radius 1 is 0.786 bits per heavy atom. The molecule has 0 bridgehead atoms. The van der Waals surface area contributed by atoms with Crippen molar-refractivity contribution in [2.24, 2.45) is 0 Å². The molecule has 0 atom stereocenters. The normalized spacial score (nSPS) is 11.9. The molecule has 0 unspecified atom stereocenters. The van der Waals surface area contributed by atoms with Crippen LogP contribution in [0.3, 0.4) is 0 Å². The van der Waals surface area contributed by atoms with Gasteiger partial charge < -0.3 is 8.98 Å². The van der Waals surface area contributed by atoms with Crippen molar-refractivity contribution >= 4 is 43.9 Å². The number of rotatable bonds is 2. The van der Waals surface area contributed by atoms with Gasteiger partial charge in [-0.25, -0.2) is 4.98 Å². The van der Waals surface area contributed by atoms with E-state index in [9.17, 15) is 0 Å². The smallest absolute Gasteiger partial charge is 0.227 e. The number of benzene rings is 3. The zero-order chi connectivity index (χ0) is 18.7. The van der Waals surface area contributed by atoms with Gasteiger partial charge in [0.2, 0.25) is 5.71 Å². The highest BCUT2D eigenvalue weighted by Gasteiger charge is 2.17. The summed E-state index contributed by atoms with van der Waals surface area (Å²) in [6, 6.07) is 25.7. The molecule has 6 rings (SSSR count). The minimum absolute atomic E-state index is 0.680. The monoisotopic (exact) mass is 362 g/mol. The lowest BCUT2D eigenvalue weighted by atomic mass is 10.1. The van der Waals surface area contributed by atoms with Crippen LogP contribution in [0.5, 0.6) is 0 Å². The third kappa shape index (κ3) is 2.01. The van der Waals surface area contributed by atoms with Crippen LogP contribution in [0.4, 0.5) is 0 Å². The van der Waals surface area contributed by atoms with E-state index in [0.29, 0.717) is 5.71 Å². The fourth-order valence-electron chi connectivity index (χ4n) is 4.29. The van der Waals surface area contributed by atoms with Crippen molar-refractivity contribution in [1.29, 1.82) is 0 Å². The van der Waals surface area contributed by atoms with Crippen LogP contribution in [-0.2, 0) is 6.42 Å². The summed E-state index contributed by atoms with van der Waals surface area (Å²) in [6.07, 6.45) is 2.80. The first kappa shape index (κ1) is 15.5. The van der Waals surface area contributed by atoms with Gasteiger partial charge in [0.25, 0.3) is 0 Å². The molecule has 0 saturated carbocycles. The summed E-state index contributed by atoms with van der Waals surface area (Å²) in [7, 11) is 0. The first-order valence-corrected chi connectivity index (χ1v) is 9.64. The SMILES string of the molecule is CCc1ccc2c(c1)c1ccccc1n2-c1cccc2c1oc1ncccc12. The summed E-state index contributed by atoms with van der Waals surface area (Å²) >= 11 is 0. The average Bonchev–Trinajstić information content (AvgIpc) is 3.29. The summed E-state index contributed by atoms with van der Waals surface area (Å²) in [5.74, 6) is 0. The highest BCUT2D eigenvalue weighted by Crippen LogP contribution is 2.37. The molecular formula is C25H18N2O. The van der Waals surface area contributed by atoms with Gasteiger partial charge in [-0.05, 0) is 48.4 Å². The quantitative estimate of drug-likeness (QED) is 0.346. The van der Waals surface area contributed by atoms with Gasteiger partial charge in [-0.3, -0.25) is 0 Å². The molecule has 3 heterocycles. The van der Waals surface area contributed by atoms with E-state index in [0.717, 1.165) is 28.5 Å². The van der Waals surface area contributed by atoms with Gasteiger partial charge in [-0.2, -0.15) is 0 Å². The van der Waals surface area contributed by atoms with Gasteiger partial charge in [0.05, 0.1) is 16.7 Å². The molecule has 28 heavy (non-hydrogen) atoms. The van der Waals surface area contributed by atoms with Crippen molar-refractivity contribution < 1.29 is 4.42 Å². The molecule has 0 radical (unpaired) electrons. The number of hydrogen-bond donors (Lipinski definition) is 0. The molecule has 0 spiro atoms. The Morgan fingerprint density at radius 2 is 1.61 bits per heavy atom. The zero-order valence-electron chi connectivity index (χ0n) is 15.5. The minimum atomic E-state index is 0.680. The van der Waals surface area contributed by atoms with E-state index < -0.39 is 0 Å². The minimum Gasteiger partial charge on any atom is -0.435 e. The second-order valence-corrected chi connectivity index (χ2v) is 7.17. The summed E-state index contributed by atoms with van der Waals surface area (Å²) in [5, 5.41) is 4.69. The molecule has 134 valence electrons. The van der Waals surface area contributed by atoms with Crippen molar-refractivity contribution in [3.8, 4) is 5.69 Å². The maximum absolute atomic E-state index is 6.22. The first-order chi connectivity index (χ1) is 13.8. The van der Waals surface area contributed by atoms with Crippen LogP contribution >= 0.6 is 0 Å². The van der Waals surface area contributed by atoms with Crippen LogP contribution in [-0.4, -0.2) is 9.55 Å². The molecule has 0 aliphatic rings. The van der Waals surface area contributed by atoms with Crippen LogP contribution in [0.25, 0.3) is 49.6 Å². The first-order valence-electron chi connectivity index (χ1n) is 9.64. The highest BCUT2D eigenvalue weighted by atomic mass is 16.3. The molecule has 3 aromatic heterocycles. The Balaban J connectivity index is 1.80. The van der Waals surface area contributed by atoms with E-state index in [2.05, 4.69) is 83.2 Å². The van der Waals surface area contributed by atoms with E-state index in [1.54, 1.807) is 6.20 Å². The Hall–Kier alpha value is -3.59. The number of aryl methyl sites for hydroxylation is 1. The van der Waals surface area contributed by atoms with Gasteiger partial charge >= 0.3 is 0 Å². The fourth-order valence-corrected chi connectivity index (χ4v) is 4.29. The number of aromatic nitrogens is 2. The van der Waals surface area contributed by atoms with Gasteiger partial charge in [0.1, 0.15) is 0 Å². The second-order valence-electron chi connectivity index (χ2n) is 7.17. The second kappa shape index (κ2) is 5.70. The molecule has 0 aliphatic carbocycles. The van der Waals surface area contributed by atoms with E-state index in [1.165, 1.54) is 27.4 Å². The number of fused-ring (bicyclic) bond motifs is 6. The molecule has 3 aromatic carbocycles. The fraction of sp³-hybridized carbons (Fsp3) is 0.0800. The third-order valence-corrected chi connectivity index (χ3v) is 5.64. The summed E-state index contributed by atoms with van der Waals surface area (Å²) in [6.45, 7) is 2.20. The highest BCUT2D eigenvalue weighted by molar-refractivity contribution is 6.12. The number of pyridine rings is 1. The van der Waals surface area contributed by atoms with Crippen molar-refractivity contribution in [1.82, 2.24) is 9.55 Å². The Kier molecular flexibility index (Phi) is 3.15. The lowest BCUT2D eigenvalue weighted by Crippen LogP contribution is -1.94. The number of nitrogens with zero attached hydrogens (tertiary/aromatic N) is 2. The molecule has 6 aromatic rings. The summed E-state index contributed by atoms with van der Waals surface area (Å²) in [5.41, 5.74) is 6.33. The third-order valence-electron chi connectivity index (χ3n) is 5.64. The Labute approximate surface area is 161 Å². The van der Waals surface area contributed by atoms with Crippen LogP contribution in [0.1, 0.15) is 12.5 Å². The van der Waals surface area contributed by atoms with Crippen LogP contribution in [0, 0.1) is 0 Å². The molecule has 3 nitrogen and oxygen atoms in total. The predicted octanol–water partition coefficient (Wildman–Crippen LogP) is 6.64. The van der Waals surface area contributed by atoms with E-state index in [-0.39, 0.29) is 0 Å². The standard InChI is InChI=1S/C25H18N2O/c1-2-16-12-13-22-20(15-16)17-7-3-4-10-21(17)27(22)23-11-5-8-18-19-9-6-14-26-25(19)28-24(18)23/h3-15H,2H2,1H3. The van der Waals surface area contributed by atoms with Gasteiger partial charge in [-0.1, -0.05) is 43.3 Å². The van der Waals surface area contributed by atoms with Crippen molar-refractivity contribution in [2.45, 2.75) is 13.3 Å². The summed E-state index contributed by atoms with van der Waals surface area (Å²) < 4.78 is 8.53. The number of hydrogen-bond acceptors (Lipinski definition) is 2. The zero-order valence-corrected chi connectivity index (χ0v) is 15.5. The van der Waals surface area contributed by atoms with Gasteiger partial charge in [0, 0.05) is 27.7 Å². The largest absolute Gasteiger partial charge is 0.435 e. The number of furan rings is 1. The summed E-state index contributed by atoms with van der Waals surface area (Å²) in [4.78, 5) is 4.41. The molecule has 0 amide bonds. The molecule has 3 heteroatoms. The molecule has 0 aliphatic heterocycles. The van der Waals surface area contributed by atoms with Crippen molar-refractivity contribution in [2.75, 3.05) is 0 Å². The van der Waals surface area contributed by atoms with E-state index in [1.807, 2.05) is 6.07 Å². The lowest BCUT2D eigenvalue weighted by Gasteiger charge is -2.08. The van der Waals surface area contributed by atoms with Crippen LogP contribution < -0.4 is 0 Å². The Morgan fingerprint density at radius 3 is 2.54 bits per heavy atom. The Bertz CT molecular complexity index is 1500. The van der Waals surface area contributed by atoms with E-state index >= 15 is 0 Å². The molecular weight excluding hydrogens is 344 g/mol. The molecule has 0 saturated heterocycles. The number of para-hydroxylation sites is 2. The molecule has 0 N–H and O–H groups in total. The lowest BCUT2D eigenvalue weighted by molar-refractivity contribution is 0.652. The van der Waals surface area contributed by atoms with E-state index in [4.69, 9.17) is 4.42 Å². The van der Waals surface area contributed by atoms with Crippen LogP contribution in [0.2, 0.25) is 0 Å². The van der Waals surface area contributed by atoms with Crippen molar-refractivity contribution in [3.05, 3.63) is 84.6 Å².